The van der Waals surface area contributed by atoms with E-state index < -0.39 is 0 Å². The summed E-state index contributed by atoms with van der Waals surface area (Å²) in [5.74, 6) is 0.806. The van der Waals surface area contributed by atoms with Crippen molar-refractivity contribution in [3.05, 3.63) is 0 Å². The van der Waals surface area contributed by atoms with Crippen molar-refractivity contribution >= 4 is 5.91 Å². The van der Waals surface area contributed by atoms with Gasteiger partial charge in [-0.2, -0.15) is 0 Å². The first-order chi connectivity index (χ1) is 8.00. The zero-order valence-corrected chi connectivity index (χ0v) is 11.7. The van der Waals surface area contributed by atoms with Crippen LogP contribution >= 0.6 is 0 Å². The van der Waals surface area contributed by atoms with Gasteiger partial charge < -0.3 is 4.90 Å². The Labute approximate surface area is 106 Å². The van der Waals surface area contributed by atoms with E-state index in [0.717, 1.165) is 19.4 Å². The minimum atomic E-state index is 0.231. The Morgan fingerprint density at radius 3 is 2.18 bits per heavy atom. The molecule has 1 saturated heterocycles. The Morgan fingerprint density at radius 1 is 1.00 bits per heavy atom. The smallest absolute Gasteiger partial charge is 0.225 e. The predicted molar refractivity (Wildman–Crippen MR) is 70.8 cm³/mol. The second-order valence-corrected chi connectivity index (χ2v) is 6.89. The molecular weight excluding hydrogens is 210 g/mol. The molecule has 1 atom stereocenters. The molecule has 2 aliphatic rings. The lowest BCUT2D eigenvalue weighted by molar-refractivity contribution is -0.142. The van der Waals surface area contributed by atoms with E-state index in [1.165, 1.54) is 32.1 Å². The molecule has 2 heteroatoms. The SMILES string of the molecule is CC(C)(C)C1CCCCN1C(=O)C1CCCC1. The highest BCUT2D eigenvalue weighted by Crippen LogP contribution is 2.35. The summed E-state index contributed by atoms with van der Waals surface area (Å²) < 4.78 is 0. The fraction of sp³-hybridized carbons (Fsp3) is 0.933. The Bertz CT molecular complexity index is 273. The van der Waals surface area contributed by atoms with Gasteiger partial charge in [-0.25, -0.2) is 0 Å². The maximum absolute atomic E-state index is 12.6. The molecule has 2 fully saturated rings. The number of rotatable bonds is 1. The third-order valence-electron chi connectivity index (χ3n) is 4.49. The average molecular weight is 237 g/mol. The molecule has 0 spiro atoms. The van der Waals surface area contributed by atoms with Crippen molar-refractivity contribution in [3.63, 3.8) is 0 Å². The van der Waals surface area contributed by atoms with E-state index in [0.29, 0.717) is 17.9 Å². The number of hydrogen-bond donors (Lipinski definition) is 0. The fourth-order valence-corrected chi connectivity index (χ4v) is 3.50. The normalized spacial score (nSPS) is 27.5. The molecule has 1 amide bonds. The zero-order chi connectivity index (χ0) is 12.5. The van der Waals surface area contributed by atoms with Crippen molar-refractivity contribution in [1.29, 1.82) is 0 Å². The number of piperidine rings is 1. The topological polar surface area (TPSA) is 20.3 Å². The molecule has 0 aromatic carbocycles. The second kappa shape index (κ2) is 4.99. The van der Waals surface area contributed by atoms with Crippen LogP contribution in [0.3, 0.4) is 0 Å². The average Bonchev–Trinajstić information content (AvgIpc) is 2.80. The fourth-order valence-electron chi connectivity index (χ4n) is 3.50. The molecule has 0 aromatic rings. The van der Waals surface area contributed by atoms with Crippen molar-refractivity contribution < 1.29 is 4.79 Å². The molecule has 0 N–H and O–H groups in total. The van der Waals surface area contributed by atoms with Gasteiger partial charge in [0.1, 0.15) is 0 Å². The van der Waals surface area contributed by atoms with Gasteiger partial charge in [0.05, 0.1) is 0 Å². The summed E-state index contributed by atoms with van der Waals surface area (Å²) in [5, 5.41) is 0. The van der Waals surface area contributed by atoms with Crippen LogP contribution in [0.4, 0.5) is 0 Å². The van der Waals surface area contributed by atoms with Crippen LogP contribution in [-0.4, -0.2) is 23.4 Å². The molecule has 1 unspecified atom stereocenters. The quantitative estimate of drug-likeness (QED) is 0.682. The Balaban J connectivity index is 2.07. The van der Waals surface area contributed by atoms with Crippen LogP contribution in [0.25, 0.3) is 0 Å². The molecule has 1 aliphatic heterocycles. The monoisotopic (exact) mass is 237 g/mol. The molecule has 0 aromatic heterocycles. The highest BCUT2D eigenvalue weighted by atomic mass is 16.2. The maximum Gasteiger partial charge on any atom is 0.225 e. The number of carbonyl (C=O) groups is 1. The Hall–Kier alpha value is -0.530. The van der Waals surface area contributed by atoms with Crippen LogP contribution in [0.1, 0.15) is 65.7 Å². The summed E-state index contributed by atoms with van der Waals surface area (Å²) in [6, 6.07) is 0.462. The number of hydrogen-bond acceptors (Lipinski definition) is 1. The molecule has 98 valence electrons. The third kappa shape index (κ3) is 2.83. The summed E-state index contributed by atoms with van der Waals surface area (Å²) in [6.45, 7) is 7.82. The van der Waals surface area contributed by atoms with E-state index in [9.17, 15) is 4.79 Å². The predicted octanol–water partition coefficient (Wildman–Crippen LogP) is 3.60. The number of nitrogens with zero attached hydrogens (tertiary/aromatic N) is 1. The Morgan fingerprint density at radius 2 is 1.59 bits per heavy atom. The van der Waals surface area contributed by atoms with Crippen LogP contribution in [-0.2, 0) is 4.79 Å². The first-order valence-corrected chi connectivity index (χ1v) is 7.30. The first-order valence-electron chi connectivity index (χ1n) is 7.30. The Kier molecular flexibility index (Phi) is 3.79. The van der Waals surface area contributed by atoms with Gasteiger partial charge >= 0.3 is 0 Å². The van der Waals surface area contributed by atoms with Crippen LogP contribution in [0, 0.1) is 11.3 Å². The third-order valence-corrected chi connectivity index (χ3v) is 4.49. The van der Waals surface area contributed by atoms with Gasteiger partial charge in [-0.15, -0.1) is 0 Å². The lowest BCUT2D eigenvalue weighted by atomic mass is 9.80. The molecule has 17 heavy (non-hydrogen) atoms. The second-order valence-electron chi connectivity index (χ2n) is 6.89. The van der Waals surface area contributed by atoms with E-state index in [1.54, 1.807) is 0 Å². The van der Waals surface area contributed by atoms with Crippen LogP contribution < -0.4 is 0 Å². The van der Waals surface area contributed by atoms with Gasteiger partial charge in [0, 0.05) is 18.5 Å². The van der Waals surface area contributed by atoms with Gasteiger partial charge in [-0.3, -0.25) is 4.79 Å². The number of carbonyl (C=O) groups excluding carboxylic acids is 1. The number of amides is 1. The van der Waals surface area contributed by atoms with E-state index in [4.69, 9.17) is 0 Å². The lowest BCUT2D eigenvalue weighted by Crippen LogP contribution is -2.51. The van der Waals surface area contributed by atoms with Gasteiger partial charge in [0.2, 0.25) is 5.91 Å². The molecule has 1 saturated carbocycles. The van der Waals surface area contributed by atoms with Crippen LogP contribution in [0.15, 0.2) is 0 Å². The summed E-state index contributed by atoms with van der Waals surface area (Å²) in [5.41, 5.74) is 0.231. The minimum absolute atomic E-state index is 0.231. The summed E-state index contributed by atoms with van der Waals surface area (Å²) in [4.78, 5) is 14.8. The maximum atomic E-state index is 12.6. The molecule has 2 rings (SSSR count). The van der Waals surface area contributed by atoms with Gasteiger partial charge in [-0.1, -0.05) is 33.6 Å². The number of likely N-dealkylation sites (tertiary alicyclic amines) is 1. The summed E-state index contributed by atoms with van der Waals surface area (Å²) >= 11 is 0. The standard InChI is InChI=1S/C15H27NO/c1-15(2,3)13-10-6-7-11-16(13)14(17)12-8-4-5-9-12/h12-13H,4-11H2,1-3H3. The molecule has 0 radical (unpaired) electrons. The molecule has 0 bridgehead atoms. The van der Waals surface area contributed by atoms with E-state index in [-0.39, 0.29) is 5.41 Å². The van der Waals surface area contributed by atoms with Crippen LogP contribution in [0.5, 0.6) is 0 Å². The van der Waals surface area contributed by atoms with Crippen molar-refractivity contribution in [3.8, 4) is 0 Å². The van der Waals surface area contributed by atoms with E-state index in [2.05, 4.69) is 25.7 Å². The van der Waals surface area contributed by atoms with E-state index in [1.807, 2.05) is 0 Å². The van der Waals surface area contributed by atoms with Crippen molar-refractivity contribution in [2.24, 2.45) is 11.3 Å². The summed E-state index contributed by atoms with van der Waals surface area (Å²) in [7, 11) is 0. The van der Waals surface area contributed by atoms with Gasteiger partial charge in [-0.05, 0) is 37.5 Å². The largest absolute Gasteiger partial charge is 0.339 e. The van der Waals surface area contributed by atoms with E-state index >= 15 is 0 Å². The lowest BCUT2D eigenvalue weighted by Gasteiger charge is -2.44. The highest BCUT2D eigenvalue weighted by molar-refractivity contribution is 5.79. The molecular formula is C15H27NO. The van der Waals surface area contributed by atoms with Crippen LogP contribution in [0.2, 0.25) is 0 Å². The zero-order valence-electron chi connectivity index (χ0n) is 11.7. The minimum Gasteiger partial charge on any atom is -0.339 e. The van der Waals surface area contributed by atoms with Crippen molar-refractivity contribution in [1.82, 2.24) is 4.90 Å². The highest BCUT2D eigenvalue weighted by Gasteiger charge is 2.37. The van der Waals surface area contributed by atoms with Gasteiger partial charge in [0.15, 0.2) is 0 Å². The van der Waals surface area contributed by atoms with Crippen molar-refractivity contribution in [2.45, 2.75) is 71.8 Å². The van der Waals surface area contributed by atoms with Gasteiger partial charge in [0.25, 0.3) is 0 Å². The first kappa shape index (κ1) is 12.9. The molecule has 2 nitrogen and oxygen atoms in total. The van der Waals surface area contributed by atoms with Crippen molar-refractivity contribution in [2.75, 3.05) is 6.54 Å². The summed E-state index contributed by atoms with van der Waals surface area (Å²) in [6.07, 6.45) is 8.45. The molecule has 1 aliphatic carbocycles. The molecule has 1 heterocycles.